The Hall–Kier alpha value is -2.30. The average Bonchev–Trinajstić information content (AvgIpc) is 2.51. The Morgan fingerprint density at radius 2 is 1.59 bits per heavy atom. The molecule has 0 saturated heterocycles. The number of hydrogen-bond donors (Lipinski definition) is 2. The summed E-state index contributed by atoms with van der Waals surface area (Å²) in [5.74, 6) is 0. The highest BCUT2D eigenvalue weighted by atomic mass is 35.5. The molecule has 6 heteroatoms. The molecule has 0 radical (unpaired) electrons. The Morgan fingerprint density at radius 1 is 0.909 bits per heavy atom. The molecule has 4 nitrogen and oxygen atoms in total. The molecule has 0 atom stereocenters. The number of para-hydroxylation sites is 2. The van der Waals surface area contributed by atoms with Crippen molar-refractivity contribution in [3.63, 3.8) is 0 Å². The maximum absolute atomic E-state index is 12.2. The fourth-order valence-electron chi connectivity index (χ4n) is 2.09. The van der Waals surface area contributed by atoms with Crippen molar-refractivity contribution in [2.24, 2.45) is 0 Å². The molecule has 0 spiro atoms. The fraction of sp³-hybridized carbons (Fsp3) is 0. The smallest absolute Gasteiger partial charge is 0.306 e. The van der Waals surface area contributed by atoms with Crippen LogP contribution in [0.4, 0.5) is 16.2 Å². The lowest BCUT2D eigenvalue weighted by atomic mass is 10.2. The van der Waals surface area contributed by atoms with E-state index in [0.29, 0.717) is 26.9 Å². The molecule has 0 aliphatic carbocycles. The van der Waals surface area contributed by atoms with Crippen molar-refractivity contribution in [1.29, 1.82) is 0 Å². The molecular formula is C16H11Cl2N3O. The molecule has 1 aromatic heterocycles. The van der Waals surface area contributed by atoms with Gasteiger partial charge in [-0.15, -0.1) is 0 Å². The van der Waals surface area contributed by atoms with E-state index in [2.05, 4.69) is 15.6 Å². The zero-order valence-electron chi connectivity index (χ0n) is 11.3. The Bertz CT molecular complexity index is 826. The molecule has 0 aliphatic heterocycles. The topological polar surface area (TPSA) is 54.0 Å². The van der Waals surface area contributed by atoms with Crippen LogP contribution in [0.3, 0.4) is 0 Å². The number of carbonyl (C=O) groups is 1. The molecule has 2 aromatic carbocycles. The third-order valence-electron chi connectivity index (χ3n) is 3.08. The molecule has 0 fully saturated rings. The number of fused-ring (bicyclic) bond motifs is 1. The number of pyridine rings is 1. The molecule has 3 rings (SSSR count). The maximum Gasteiger partial charge on any atom is 0.323 e. The second-order valence-corrected chi connectivity index (χ2v) is 5.37. The van der Waals surface area contributed by atoms with Gasteiger partial charge in [-0.05, 0) is 24.3 Å². The van der Waals surface area contributed by atoms with Crippen molar-refractivity contribution in [3.05, 3.63) is 64.8 Å². The summed E-state index contributed by atoms with van der Waals surface area (Å²) in [6.45, 7) is 0. The van der Waals surface area contributed by atoms with Crippen LogP contribution in [-0.4, -0.2) is 11.0 Å². The Labute approximate surface area is 137 Å². The molecular weight excluding hydrogens is 321 g/mol. The Balaban J connectivity index is 1.85. The highest BCUT2D eigenvalue weighted by Gasteiger charge is 2.11. The monoisotopic (exact) mass is 331 g/mol. The highest BCUT2D eigenvalue weighted by molar-refractivity contribution is 6.39. The van der Waals surface area contributed by atoms with Gasteiger partial charge in [0.25, 0.3) is 0 Å². The van der Waals surface area contributed by atoms with Gasteiger partial charge in [0, 0.05) is 11.6 Å². The first-order chi connectivity index (χ1) is 10.6. The largest absolute Gasteiger partial charge is 0.323 e. The van der Waals surface area contributed by atoms with Crippen LogP contribution < -0.4 is 10.6 Å². The van der Waals surface area contributed by atoms with Gasteiger partial charge in [0.15, 0.2) is 0 Å². The minimum atomic E-state index is -0.437. The van der Waals surface area contributed by atoms with Gasteiger partial charge in [-0.3, -0.25) is 4.98 Å². The first-order valence-electron chi connectivity index (χ1n) is 6.51. The predicted octanol–water partition coefficient (Wildman–Crippen LogP) is 5.19. The first kappa shape index (κ1) is 14.6. The molecule has 0 unspecified atom stereocenters. The summed E-state index contributed by atoms with van der Waals surface area (Å²) < 4.78 is 0. The highest BCUT2D eigenvalue weighted by Crippen LogP contribution is 2.30. The van der Waals surface area contributed by atoms with E-state index in [1.165, 1.54) is 0 Å². The van der Waals surface area contributed by atoms with Crippen molar-refractivity contribution < 1.29 is 4.79 Å². The van der Waals surface area contributed by atoms with E-state index in [1.807, 2.05) is 24.3 Å². The van der Waals surface area contributed by atoms with Crippen molar-refractivity contribution in [2.75, 3.05) is 10.6 Å². The number of amides is 2. The first-order valence-corrected chi connectivity index (χ1v) is 7.26. The summed E-state index contributed by atoms with van der Waals surface area (Å²) >= 11 is 12.1. The van der Waals surface area contributed by atoms with E-state index in [9.17, 15) is 4.79 Å². The SMILES string of the molecule is O=C(Nc1c(Cl)cccc1Cl)Nc1cccc2cccnc12. The summed E-state index contributed by atoms with van der Waals surface area (Å²) in [6, 6.07) is 13.9. The number of hydrogen-bond acceptors (Lipinski definition) is 2. The van der Waals surface area contributed by atoms with Crippen molar-refractivity contribution in [2.45, 2.75) is 0 Å². The lowest BCUT2D eigenvalue weighted by Gasteiger charge is -2.11. The zero-order chi connectivity index (χ0) is 15.5. The standard InChI is InChI=1S/C16H11Cl2N3O/c17-11-6-2-7-12(18)15(11)21-16(22)20-13-8-1-4-10-5-3-9-19-14(10)13/h1-9H,(H2,20,21,22). The minimum absolute atomic E-state index is 0.372. The van der Waals surface area contributed by atoms with E-state index in [-0.39, 0.29) is 0 Å². The van der Waals surface area contributed by atoms with Gasteiger partial charge in [-0.2, -0.15) is 0 Å². The van der Waals surface area contributed by atoms with Crippen LogP contribution in [0.2, 0.25) is 10.0 Å². The van der Waals surface area contributed by atoms with Gasteiger partial charge < -0.3 is 10.6 Å². The second-order valence-electron chi connectivity index (χ2n) is 4.56. The van der Waals surface area contributed by atoms with E-state index in [0.717, 1.165) is 5.39 Å². The molecule has 0 saturated carbocycles. The number of benzene rings is 2. The van der Waals surface area contributed by atoms with E-state index in [1.54, 1.807) is 30.5 Å². The fourth-order valence-corrected chi connectivity index (χ4v) is 2.58. The van der Waals surface area contributed by atoms with Crippen LogP contribution in [0.1, 0.15) is 0 Å². The zero-order valence-corrected chi connectivity index (χ0v) is 12.8. The molecule has 22 heavy (non-hydrogen) atoms. The summed E-state index contributed by atoms with van der Waals surface area (Å²) in [5.41, 5.74) is 1.70. The Kier molecular flexibility index (Phi) is 4.13. The molecule has 2 amide bonds. The molecule has 1 heterocycles. The summed E-state index contributed by atoms with van der Waals surface area (Å²) in [5, 5.41) is 7.10. The van der Waals surface area contributed by atoms with Crippen molar-refractivity contribution in [1.82, 2.24) is 4.98 Å². The molecule has 0 aliphatic rings. The number of aromatic nitrogens is 1. The van der Waals surface area contributed by atoms with E-state index >= 15 is 0 Å². The summed E-state index contributed by atoms with van der Waals surface area (Å²) in [4.78, 5) is 16.4. The number of carbonyl (C=O) groups excluding carboxylic acids is 1. The number of nitrogens with zero attached hydrogens (tertiary/aromatic N) is 1. The number of halogens is 2. The van der Waals surface area contributed by atoms with Crippen LogP contribution in [-0.2, 0) is 0 Å². The van der Waals surface area contributed by atoms with Crippen molar-refractivity contribution >= 4 is 51.5 Å². The normalized spacial score (nSPS) is 10.5. The lowest BCUT2D eigenvalue weighted by Crippen LogP contribution is -2.20. The lowest BCUT2D eigenvalue weighted by molar-refractivity contribution is 0.262. The van der Waals surface area contributed by atoms with Crippen LogP contribution in [0.15, 0.2) is 54.7 Å². The van der Waals surface area contributed by atoms with Crippen LogP contribution >= 0.6 is 23.2 Å². The minimum Gasteiger partial charge on any atom is -0.306 e. The predicted molar refractivity (Wildman–Crippen MR) is 90.8 cm³/mol. The van der Waals surface area contributed by atoms with Gasteiger partial charge in [0.05, 0.1) is 26.9 Å². The van der Waals surface area contributed by atoms with Crippen LogP contribution in [0, 0.1) is 0 Å². The van der Waals surface area contributed by atoms with Gasteiger partial charge in [0.2, 0.25) is 0 Å². The van der Waals surface area contributed by atoms with E-state index < -0.39 is 6.03 Å². The Morgan fingerprint density at radius 3 is 2.36 bits per heavy atom. The third kappa shape index (κ3) is 2.98. The van der Waals surface area contributed by atoms with Crippen LogP contribution in [0.5, 0.6) is 0 Å². The summed E-state index contributed by atoms with van der Waals surface area (Å²) in [6.07, 6.45) is 1.68. The molecule has 110 valence electrons. The number of rotatable bonds is 2. The van der Waals surface area contributed by atoms with Gasteiger partial charge >= 0.3 is 6.03 Å². The third-order valence-corrected chi connectivity index (χ3v) is 3.71. The maximum atomic E-state index is 12.2. The van der Waals surface area contributed by atoms with Crippen molar-refractivity contribution in [3.8, 4) is 0 Å². The molecule has 0 bridgehead atoms. The van der Waals surface area contributed by atoms with Gasteiger partial charge in [0.1, 0.15) is 0 Å². The number of anilines is 2. The second kappa shape index (κ2) is 6.22. The van der Waals surface area contributed by atoms with Crippen LogP contribution in [0.25, 0.3) is 10.9 Å². The number of nitrogens with one attached hydrogen (secondary N) is 2. The van der Waals surface area contributed by atoms with Gasteiger partial charge in [-0.25, -0.2) is 4.79 Å². The molecule has 3 aromatic rings. The summed E-state index contributed by atoms with van der Waals surface area (Å²) in [7, 11) is 0. The quantitative estimate of drug-likeness (QED) is 0.679. The van der Waals surface area contributed by atoms with Gasteiger partial charge in [-0.1, -0.05) is 47.5 Å². The number of urea groups is 1. The van der Waals surface area contributed by atoms with E-state index in [4.69, 9.17) is 23.2 Å². The molecule has 2 N–H and O–H groups in total. The average molecular weight is 332 g/mol.